The van der Waals surface area contributed by atoms with Gasteiger partial charge in [-0.1, -0.05) is 81.4 Å². The fourth-order valence-electron chi connectivity index (χ4n) is 3.19. The highest BCUT2D eigenvalue weighted by Gasteiger charge is 2.36. The largest absolute Gasteiger partial charge is 0.459 e. The number of ether oxygens (including phenoxy) is 2. The van der Waals surface area contributed by atoms with E-state index in [1.54, 1.807) is 20.8 Å². The Labute approximate surface area is 202 Å². The number of carbonyl (C=O) groups is 3. The number of carbonyl (C=O) groups excluding carboxylic acids is 3. The predicted octanol–water partition coefficient (Wildman–Crippen LogP) is 4.40. The lowest BCUT2D eigenvalue weighted by Gasteiger charge is -2.31. The van der Waals surface area contributed by atoms with Gasteiger partial charge in [-0.25, -0.2) is 9.59 Å². The highest BCUT2D eigenvalue weighted by molar-refractivity contribution is 5.90. The molecule has 2 N–H and O–H groups in total. The topological polar surface area (TPSA) is 93.7 Å². The van der Waals surface area contributed by atoms with Gasteiger partial charge in [0.05, 0.1) is 0 Å². The molecule has 2 aromatic carbocycles. The maximum Gasteiger partial charge on any atom is 0.408 e. The fraction of sp³-hybridized carbons (Fsp3) is 0.444. The van der Waals surface area contributed by atoms with Crippen LogP contribution in [0.4, 0.5) is 4.79 Å². The van der Waals surface area contributed by atoms with Crippen LogP contribution in [0.15, 0.2) is 60.7 Å². The minimum Gasteiger partial charge on any atom is -0.459 e. The third-order valence-electron chi connectivity index (χ3n) is 4.90. The molecular formula is C27H36N2O5. The van der Waals surface area contributed by atoms with Gasteiger partial charge in [-0.05, 0) is 37.3 Å². The van der Waals surface area contributed by atoms with E-state index >= 15 is 0 Å². The number of hydrogen-bond acceptors (Lipinski definition) is 5. The first-order valence-electron chi connectivity index (χ1n) is 11.4. The first-order valence-corrected chi connectivity index (χ1v) is 11.4. The van der Waals surface area contributed by atoms with E-state index in [2.05, 4.69) is 10.6 Å². The van der Waals surface area contributed by atoms with E-state index < -0.39 is 41.1 Å². The molecule has 2 aromatic rings. The van der Waals surface area contributed by atoms with Crippen molar-refractivity contribution < 1.29 is 23.9 Å². The van der Waals surface area contributed by atoms with Gasteiger partial charge < -0.3 is 20.1 Å². The summed E-state index contributed by atoms with van der Waals surface area (Å²) in [6.45, 7) is 10.9. The van der Waals surface area contributed by atoms with Crippen molar-refractivity contribution in [3.8, 4) is 0 Å². The molecule has 2 rings (SSSR count). The van der Waals surface area contributed by atoms with Crippen molar-refractivity contribution in [1.29, 1.82) is 0 Å². The zero-order valence-electron chi connectivity index (χ0n) is 20.9. The smallest absolute Gasteiger partial charge is 0.408 e. The van der Waals surface area contributed by atoms with Crippen LogP contribution in [0.2, 0.25) is 0 Å². The molecule has 0 bridgehead atoms. The molecule has 0 fully saturated rings. The van der Waals surface area contributed by atoms with E-state index in [0.717, 1.165) is 11.1 Å². The summed E-state index contributed by atoms with van der Waals surface area (Å²) in [5.41, 5.74) is 0.376. The van der Waals surface area contributed by atoms with Crippen LogP contribution in [0.3, 0.4) is 0 Å². The maximum atomic E-state index is 13.3. The molecule has 0 saturated carbocycles. The quantitative estimate of drug-likeness (QED) is 0.560. The van der Waals surface area contributed by atoms with E-state index in [4.69, 9.17) is 9.47 Å². The van der Waals surface area contributed by atoms with Crippen LogP contribution in [-0.2, 0) is 32.1 Å². The summed E-state index contributed by atoms with van der Waals surface area (Å²) in [7, 11) is 0. The minimum absolute atomic E-state index is 0.103. The van der Waals surface area contributed by atoms with Gasteiger partial charge in [-0.2, -0.15) is 0 Å². The van der Waals surface area contributed by atoms with Crippen LogP contribution in [0, 0.1) is 5.41 Å². The van der Waals surface area contributed by atoms with Crippen molar-refractivity contribution in [2.45, 2.75) is 72.3 Å². The zero-order chi connectivity index (χ0) is 25.4. The highest BCUT2D eigenvalue weighted by Crippen LogP contribution is 2.21. The SMILES string of the molecule is CC(C)(C)OC(=O)N[C@@H](Cc1ccccc1)C(=O)N[C@H](C(=O)OCc1ccccc1)C(C)(C)C. The molecular weight excluding hydrogens is 432 g/mol. The normalized spacial score (nSPS) is 13.4. The molecule has 2 atom stereocenters. The molecule has 0 radical (unpaired) electrons. The van der Waals surface area contributed by atoms with Gasteiger partial charge in [0.2, 0.25) is 5.91 Å². The summed E-state index contributed by atoms with van der Waals surface area (Å²) in [5.74, 6) is -1.04. The maximum absolute atomic E-state index is 13.3. The summed E-state index contributed by atoms with van der Waals surface area (Å²) in [6, 6.07) is 16.8. The van der Waals surface area contributed by atoms with Crippen LogP contribution in [0.25, 0.3) is 0 Å². The Hall–Kier alpha value is -3.35. The van der Waals surface area contributed by atoms with Crippen molar-refractivity contribution in [3.05, 3.63) is 71.8 Å². The van der Waals surface area contributed by atoms with Gasteiger partial charge in [-0.15, -0.1) is 0 Å². The first kappa shape index (κ1) is 26.9. The summed E-state index contributed by atoms with van der Waals surface area (Å²) in [5, 5.41) is 5.45. The van der Waals surface area contributed by atoms with Crippen molar-refractivity contribution in [1.82, 2.24) is 10.6 Å². The molecule has 34 heavy (non-hydrogen) atoms. The molecule has 0 aliphatic heterocycles. The van der Waals surface area contributed by atoms with E-state index in [1.165, 1.54) is 0 Å². The summed E-state index contributed by atoms with van der Waals surface area (Å²) in [6.07, 6.45) is -0.468. The predicted molar refractivity (Wildman–Crippen MR) is 131 cm³/mol. The lowest BCUT2D eigenvalue weighted by molar-refractivity contribution is -0.152. The Bertz CT molecular complexity index is 946. The second-order valence-corrected chi connectivity index (χ2v) is 10.3. The summed E-state index contributed by atoms with van der Waals surface area (Å²) >= 11 is 0. The Morgan fingerprint density at radius 3 is 1.82 bits per heavy atom. The van der Waals surface area contributed by atoms with Gasteiger partial charge in [0, 0.05) is 6.42 Å². The number of amides is 2. The Balaban J connectivity index is 2.16. The van der Waals surface area contributed by atoms with Gasteiger partial charge in [0.15, 0.2) is 0 Å². The molecule has 0 aliphatic rings. The number of alkyl carbamates (subject to hydrolysis) is 1. The molecule has 2 amide bonds. The standard InChI is InChI=1S/C27H36N2O5/c1-26(2,3)22(24(31)33-18-20-15-11-8-12-16-20)29-23(30)21(17-19-13-9-7-10-14-19)28-25(32)34-27(4,5)6/h7-16,21-22H,17-18H2,1-6H3,(H,28,32)(H,29,30)/t21-,22+/m0/s1. The van der Waals surface area contributed by atoms with Gasteiger partial charge in [0.25, 0.3) is 0 Å². The number of nitrogens with one attached hydrogen (secondary N) is 2. The van der Waals surface area contributed by atoms with E-state index in [1.807, 2.05) is 81.4 Å². The van der Waals surface area contributed by atoms with Crippen LogP contribution in [0.1, 0.15) is 52.7 Å². The molecule has 0 spiro atoms. The average Bonchev–Trinajstić information content (AvgIpc) is 2.74. The Morgan fingerprint density at radius 2 is 1.32 bits per heavy atom. The summed E-state index contributed by atoms with van der Waals surface area (Å²) in [4.78, 5) is 38.7. The molecule has 0 aliphatic carbocycles. The molecule has 0 heterocycles. The fourth-order valence-corrected chi connectivity index (χ4v) is 3.19. The number of hydrogen-bond donors (Lipinski definition) is 2. The molecule has 7 heteroatoms. The summed E-state index contributed by atoms with van der Waals surface area (Å²) < 4.78 is 10.8. The van der Waals surface area contributed by atoms with Crippen LogP contribution in [-0.4, -0.2) is 35.7 Å². The lowest BCUT2D eigenvalue weighted by atomic mass is 9.86. The zero-order valence-corrected chi connectivity index (χ0v) is 20.9. The molecule has 0 aromatic heterocycles. The van der Waals surface area contributed by atoms with Gasteiger partial charge in [-0.3, -0.25) is 4.79 Å². The third-order valence-corrected chi connectivity index (χ3v) is 4.90. The van der Waals surface area contributed by atoms with Crippen molar-refractivity contribution >= 4 is 18.0 Å². The van der Waals surface area contributed by atoms with Gasteiger partial charge >= 0.3 is 12.1 Å². The molecule has 7 nitrogen and oxygen atoms in total. The first-order chi connectivity index (χ1) is 15.8. The highest BCUT2D eigenvalue weighted by atomic mass is 16.6. The second-order valence-electron chi connectivity index (χ2n) is 10.3. The molecule has 0 unspecified atom stereocenters. The van der Waals surface area contributed by atoms with E-state index in [-0.39, 0.29) is 13.0 Å². The Morgan fingerprint density at radius 1 is 0.794 bits per heavy atom. The lowest BCUT2D eigenvalue weighted by Crippen LogP contribution is -2.56. The van der Waals surface area contributed by atoms with Crippen molar-refractivity contribution in [2.75, 3.05) is 0 Å². The number of rotatable bonds is 8. The number of esters is 1. The van der Waals surface area contributed by atoms with Crippen molar-refractivity contribution in [3.63, 3.8) is 0 Å². The average molecular weight is 469 g/mol. The van der Waals surface area contributed by atoms with Crippen LogP contribution in [0.5, 0.6) is 0 Å². The Kier molecular flexibility index (Phi) is 9.24. The van der Waals surface area contributed by atoms with Crippen molar-refractivity contribution in [2.24, 2.45) is 5.41 Å². The molecule has 184 valence electrons. The van der Waals surface area contributed by atoms with E-state index in [0.29, 0.717) is 0 Å². The van der Waals surface area contributed by atoms with Crippen LogP contribution >= 0.6 is 0 Å². The second kappa shape index (κ2) is 11.7. The van der Waals surface area contributed by atoms with E-state index in [9.17, 15) is 14.4 Å². The van der Waals surface area contributed by atoms with Crippen LogP contribution < -0.4 is 10.6 Å². The molecule has 0 saturated heterocycles. The minimum atomic E-state index is -0.941. The monoisotopic (exact) mass is 468 g/mol. The van der Waals surface area contributed by atoms with Gasteiger partial charge in [0.1, 0.15) is 24.3 Å². The third kappa shape index (κ3) is 9.25. The number of benzene rings is 2.